The Morgan fingerprint density at radius 2 is 2.00 bits per heavy atom. The molecule has 0 aromatic rings. The van der Waals surface area contributed by atoms with Crippen molar-refractivity contribution in [2.24, 2.45) is 5.92 Å². The van der Waals surface area contributed by atoms with Gasteiger partial charge in [-0.2, -0.15) is 0 Å². The van der Waals surface area contributed by atoms with E-state index in [0.717, 1.165) is 0 Å². The van der Waals surface area contributed by atoms with Crippen LogP contribution in [0.1, 0.15) is 20.8 Å². The fourth-order valence-electron chi connectivity index (χ4n) is 0.698. The van der Waals surface area contributed by atoms with Crippen LogP contribution in [0.2, 0.25) is 0 Å². The van der Waals surface area contributed by atoms with Gasteiger partial charge in [0.1, 0.15) is 0 Å². The first-order valence-electron chi connectivity index (χ1n) is 4.15. The molecule has 0 aromatic carbocycles. The van der Waals surface area contributed by atoms with E-state index in [1.54, 1.807) is 13.8 Å². The predicted octanol–water partition coefficient (Wildman–Crippen LogP) is 0.842. The molecule has 2 atom stereocenters. The summed E-state index contributed by atoms with van der Waals surface area (Å²) in [5.41, 5.74) is 0. The first-order chi connectivity index (χ1) is 5.99. The Kier molecular flexibility index (Phi) is 4.87. The molecule has 0 aromatic heterocycles. The molecule has 0 aliphatic heterocycles. The van der Waals surface area contributed by atoms with Crippen molar-refractivity contribution in [1.29, 1.82) is 0 Å². The highest BCUT2D eigenvalue weighted by Gasteiger charge is 2.20. The van der Waals surface area contributed by atoms with Crippen molar-refractivity contribution in [3.8, 4) is 0 Å². The van der Waals surface area contributed by atoms with Crippen LogP contribution in [0.15, 0.2) is 0 Å². The Labute approximate surface area is 77.1 Å². The van der Waals surface area contributed by atoms with Gasteiger partial charge in [0, 0.05) is 6.04 Å². The third-order valence-electron chi connectivity index (χ3n) is 1.76. The Bertz CT molecular complexity index is 193. The van der Waals surface area contributed by atoms with Crippen LogP contribution in [0, 0.1) is 5.92 Å². The minimum Gasteiger partial charge on any atom is -0.481 e. The number of ether oxygens (including phenoxy) is 1. The van der Waals surface area contributed by atoms with Gasteiger partial charge in [0.15, 0.2) is 0 Å². The number of hydrogen-bond donors (Lipinski definition) is 2. The quantitative estimate of drug-likeness (QED) is 0.687. The van der Waals surface area contributed by atoms with Crippen molar-refractivity contribution >= 4 is 12.1 Å². The zero-order valence-corrected chi connectivity index (χ0v) is 8.03. The average molecular weight is 189 g/mol. The fraction of sp³-hybridized carbons (Fsp3) is 0.750. The third kappa shape index (κ3) is 4.35. The topological polar surface area (TPSA) is 75.6 Å². The lowest BCUT2D eigenvalue weighted by molar-refractivity contribution is -0.141. The van der Waals surface area contributed by atoms with E-state index in [4.69, 9.17) is 5.11 Å². The van der Waals surface area contributed by atoms with E-state index in [2.05, 4.69) is 10.1 Å². The number of carboxylic acids is 1. The zero-order chi connectivity index (χ0) is 10.4. The first-order valence-corrected chi connectivity index (χ1v) is 4.15. The number of hydrogen-bond acceptors (Lipinski definition) is 3. The minimum atomic E-state index is -0.940. The van der Waals surface area contributed by atoms with Crippen LogP contribution in [-0.2, 0) is 9.53 Å². The van der Waals surface area contributed by atoms with Crippen molar-refractivity contribution in [1.82, 2.24) is 5.32 Å². The number of aliphatic carboxylic acids is 1. The monoisotopic (exact) mass is 189 g/mol. The first kappa shape index (κ1) is 11.7. The van der Waals surface area contributed by atoms with Gasteiger partial charge in [0.05, 0.1) is 12.5 Å². The second-order valence-electron chi connectivity index (χ2n) is 2.78. The van der Waals surface area contributed by atoms with Crippen molar-refractivity contribution in [3.05, 3.63) is 0 Å². The van der Waals surface area contributed by atoms with E-state index in [-0.39, 0.29) is 6.61 Å². The predicted molar refractivity (Wildman–Crippen MR) is 46.4 cm³/mol. The molecule has 2 N–H and O–H groups in total. The van der Waals surface area contributed by atoms with E-state index in [1.165, 1.54) is 6.92 Å². The number of amides is 1. The number of alkyl carbamates (subject to hydrolysis) is 1. The summed E-state index contributed by atoms with van der Waals surface area (Å²) in [5, 5.41) is 11.0. The SMILES string of the molecule is CCOC(=O)NC(C)C(C)C(=O)O. The second-order valence-corrected chi connectivity index (χ2v) is 2.78. The molecule has 1 amide bonds. The molecule has 0 radical (unpaired) electrons. The molecular weight excluding hydrogens is 174 g/mol. The average Bonchev–Trinajstić information content (AvgIpc) is 2.03. The van der Waals surface area contributed by atoms with Gasteiger partial charge in [-0.3, -0.25) is 4.79 Å². The maximum atomic E-state index is 10.9. The van der Waals surface area contributed by atoms with Crippen LogP contribution < -0.4 is 5.32 Å². The normalized spacial score (nSPS) is 14.4. The molecule has 0 saturated heterocycles. The number of carbonyl (C=O) groups excluding carboxylic acids is 1. The molecule has 0 spiro atoms. The molecule has 0 heterocycles. The summed E-state index contributed by atoms with van der Waals surface area (Å²) in [6.07, 6.45) is -0.580. The van der Waals surface area contributed by atoms with E-state index in [0.29, 0.717) is 0 Å². The summed E-state index contributed by atoms with van der Waals surface area (Å²) in [7, 11) is 0. The largest absolute Gasteiger partial charge is 0.481 e. The van der Waals surface area contributed by atoms with Gasteiger partial charge in [-0.15, -0.1) is 0 Å². The molecule has 2 unspecified atom stereocenters. The van der Waals surface area contributed by atoms with Crippen LogP contribution >= 0.6 is 0 Å². The highest BCUT2D eigenvalue weighted by atomic mass is 16.5. The molecule has 0 aliphatic rings. The molecular formula is C8H15NO4. The molecule has 0 bridgehead atoms. The summed E-state index contributed by atoms with van der Waals surface area (Å²) < 4.78 is 4.60. The molecule has 5 nitrogen and oxygen atoms in total. The van der Waals surface area contributed by atoms with Crippen LogP contribution in [-0.4, -0.2) is 29.8 Å². The lowest BCUT2D eigenvalue weighted by Gasteiger charge is -2.16. The Morgan fingerprint density at radius 1 is 1.46 bits per heavy atom. The third-order valence-corrected chi connectivity index (χ3v) is 1.76. The Balaban J connectivity index is 3.92. The number of nitrogens with one attached hydrogen (secondary N) is 1. The summed E-state index contributed by atoms with van der Waals surface area (Å²) >= 11 is 0. The van der Waals surface area contributed by atoms with Crippen LogP contribution in [0.25, 0.3) is 0 Å². The molecule has 5 heteroatoms. The van der Waals surface area contributed by atoms with Gasteiger partial charge >= 0.3 is 12.1 Å². The van der Waals surface area contributed by atoms with Gasteiger partial charge in [-0.1, -0.05) is 0 Å². The maximum absolute atomic E-state index is 10.9. The highest BCUT2D eigenvalue weighted by molar-refractivity contribution is 5.73. The summed E-state index contributed by atoms with van der Waals surface area (Å²) in [6, 6.07) is -0.434. The summed E-state index contributed by atoms with van der Waals surface area (Å²) in [5.74, 6) is -1.56. The summed E-state index contributed by atoms with van der Waals surface area (Å²) in [6.45, 7) is 5.11. The van der Waals surface area contributed by atoms with Crippen molar-refractivity contribution < 1.29 is 19.4 Å². The number of carboxylic acid groups (broad SMARTS) is 1. The van der Waals surface area contributed by atoms with Crippen LogP contribution in [0.5, 0.6) is 0 Å². The van der Waals surface area contributed by atoms with Gasteiger partial charge in [-0.25, -0.2) is 4.79 Å². The Hall–Kier alpha value is -1.26. The summed E-state index contributed by atoms with van der Waals surface area (Å²) in [4.78, 5) is 21.3. The number of carbonyl (C=O) groups is 2. The van der Waals surface area contributed by atoms with E-state index in [9.17, 15) is 9.59 Å². The lowest BCUT2D eigenvalue weighted by atomic mass is 10.1. The van der Waals surface area contributed by atoms with E-state index in [1.807, 2.05) is 0 Å². The van der Waals surface area contributed by atoms with Gasteiger partial charge in [0.25, 0.3) is 0 Å². The van der Waals surface area contributed by atoms with E-state index >= 15 is 0 Å². The maximum Gasteiger partial charge on any atom is 0.407 e. The molecule has 0 saturated carbocycles. The fourth-order valence-corrected chi connectivity index (χ4v) is 0.698. The Morgan fingerprint density at radius 3 is 2.38 bits per heavy atom. The lowest BCUT2D eigenvalue weighted by Crippen LogP contribution is -2.40. The zero-order valence-electron chi connectivity index (χ0n) is 8.03. The minimum absolute atomic E-state index is 0.278. The smallest absolute Gasteiger partial charge is 0.407 e. The van der Waals surface area contributed by atoms with Crippen molar-refractivity contribution in [2.45, 2.75) is 26.8 Å². The molecule has 0 rings (SSSR count). The molecule has 76 valence electrons. The molecule has 0 aliphatic carbocycles. The van der Waals surface area contributed by atoms with Crippen LogP contribution in [0.3, 0.4) is 0 Å². The molecule has 0 fully saturated rings. The van der Waals surface area contributed by atoms with Gasteiger partial charge in [-0.05, 0) is 20.8 Å². The molecule has 13 heavy (non-hydrogen) atoms. The van der Waals surface area contributed by atoms with E-state index < -0.39 is 24.0 Å². The highest BCUT2D eigenvalue weighted by Crippen LogP contribution is 2.02. The number of rotatable bonds is 4. The second kappa shape index (κ2) is 5.40. The van der Waals surface area contributed by atoms with Crippen molar-refractivity contribution in [2.75, 3.05) is 6.61 Å². The standard InChI is InChI=1S/C8H15NO4/c1-4-13-8(12)9-6(3)5(2)7(10)11/h5-6H,4H2,1-3H3,(H,9,12)(H,10,11). The van der Waals surface area contributed by atoms with Gasteiger partial charge < -0.3 is 15.2 Å². The van der Waals surface area contributed by atoms with Gasteiger partial charge in [0.2, 0.25) is 0 Å². The van der Waals surface area contributed by atoms with Crippen molar-refractivity contribution in [3.63, 3.8) is 0 Å². The van der Waals surface area contributed by atoms with Crippen LogP contribution in [0.4, 0.5) is 4.79 Å².